The van der Waals surface area contributed by atoms with Crippen molar-refractivity contribution in [2.75, 3.05) is 5.73 Å². The first-order chi connectivity index (χ1) is 8.49. The van der Waals surface area contributed by atoms with Gasteiger partial charge in [-0.05, 0) is 47.2 Å². The van der Waals surface area contributed by atoms with Crippen molar-refractivity contribution in [2.45, 2.75) is 13.5 Å². The fourth-order valence-corrected chi connectivity index (χ4v) is 2.35. The number of hydrogen-bond acceptors (Lipinski definition) is 4. The van der Waals surface area contributed by atoms with Crippen LogP contribution in [0.25, 0.3) is 0 Å². The van der Waals surface area contributed by atoms with Gasteiger partial charge in [-0.25, -0.2) is 4.68 Å². The lowest BCUT2D eigenvalue weighted by Gasteiger charge is -2.04. The lowest BCUT2D eigenvalue weighted by atomic mass is 10.2. The van der Waals surface area contributed by atoms with Crippen LogP contribution in [0.5, 0.6) is 0 Å². The van der Waals surface area contributed by atoms with Crippen LogP contribution in [0.15, 0.2) is 24.3 Å². The zero-order valence-electron chi connectivity index (χ0n) is 9.63. The summed E-state index contributed by atoms with van der Waals surface area (Å²) in [5.74, 6) is 0.0939. The molecule has 0 amide bonds. The predicted molar refractivity (Wildman–Crippen MR) is 76.3 cm³/mol. The molecule has 1 heterocycles. The molecule has 2 N–H and O–H groups in total. The molecule has 1 aromatic heterocycles. The van der Waals surface area contributed by atoms with Crippen LogP contribution >= 0.6 is 22.6 Å². The minimum absolute atomic E-state index is 0.0939. The highest BCUT2D eigenvalue weighted by molar-refractivity contribution is 14.1. The summed E-state index contributed by atoms with van der Waals surface area (Å²) in [6.45, 7) is 2.01. The summed E-state index contributed by atoms with van der Waals surface area (Å²) in [5.41, 5.74) is 6.98. The molecule has 2 aromatic rings. The van der Waals surface area contributed by atoms with Gasteiger partial charge in [0.05, 0.1) is 11.5 Å². The number of benzene rings is 1. The van der Waals surface area contributed by atoms with Crippen LogP contribution in [0.4, 0.5) is 11.5 Å². The van der Waals surface area contributed by atoms with E-state index in [0.717, 1.165) is 9.13 Å². The Bertz CT molecular complexity index is 609. The van der Waals surface area contributed by atoms with E-state index in [9.17, 15) is 10.1 Å². The van der Waals surface area contributed by atoms with Gasteiger partial charge in [-0.3, -0.25) is 10.1 Å². The van der Waals surface area contributed by atoms with Crippen LogP contribution in [-0.4, -0.2) is 14.7 Å². The fraction of sp³-hybridized carbons (Fsp3) is 0.182. The van der Waals surface area contributed by atoms with Crippen molar-refractivity contribution in [2.24, 2.45) is 0 Å². The molecule has 0 saturated carbocycles. The van der Waals surface area contributed by atoms with E-state index in [1.54, 1.807) is 6.92 Å². The maximum absolute atomic E-state index is 10.8. The number of hydrogen-bond donors (Lipinski definition) is 1. The Labute approximate surface area is 117 Å². The highest BCUT2D eigenvalue weighted by Gasteiger charge is 2.22. The molecule has 0 spiro atoms. The smallest absolute Gasteiger partial charge is 0.333 e. The second kappa shape index (κ2) is 4.92. The number of anilines is 1. The minimum Gasteiger partial charge on any atom is -0.378 e. The lowest BCUT2D eigenvalue weighted by Crippen LogP contribution is -2.06. The first kappa shape index (κ1) is 12.8. The Morgan fingerprint density at radius 1 is 1.56 bits per heavy atom. The monoisotopic (exact) mass is 358 g/mol. The molecule has 94 valence electrons. The molecule has 0 unspecified atom stereocenters. The third kappa shape index (κ3) is 2.45. The number of aromatic nitrogens is 2. The Hall–Kier alpha value is -1.64. The van der Waals surface area contributed by atoms with Crippen LogP contribution in [0.2, 0.25) is 0 Å². The number of nitrogens with zero attached hydrogens (tertiary/aromatic N) is 3. The van der Waals surface area contributed by atoms with Gasteiger partial charge in [0.15, 0.2) is 0 Å². The molecular weight excluding hydrogens is 347 g/mol. The van der Waals surface area contributed by atoms with E-state index >= 15 is 0 Å². The van der Waals surface area contributed by atoms with Crippen LogP contribution in [-0.2, 0) is 6.54 Å². The Morgan fingerprint density at radius 2 is 2.28 bits per heavy atom. The van der Waals surface area contributed by atoms with Crippen LogP contribution in [0.1, 0.15) is 11.3 Å². The average molecular weight is 358 g/mol. The summed E-state index contributed by atoms with van der Waals surface area (Å²) in [4.78, 5) is 10.3. The zero-order chi connectivity index (χ0) is 13.3. The van der Waals surface area contributed by atoms with Gasteiger partial charge in [-0.1, -0.05) is 12.1 Å². The van der Waals surface area contributed by atoms with E-state index in [2.05, 4.69) is 27.7 Å². The van der Waals surface area contributed by atoms with Gasteiger partial charge in [0.25, 0.3) is 0 Å². The van der Waals surface area contributed by atoms with Crippen molar-refractivity contribution < 1.29 is 4.92 Å². The number of rotatable bonds is 3. The molecule has 0 atom stereocenters. The van der Waals surface area contributed by atoms with E-state index in [0.29, 0.717) is 12.2 Å². The molecule has 2 rings (SSSR count). The van der Waals surface area contributed by atoms with Gasteiger partial charge >= 0.3 is 5.69 Å². The van der Waals surface area contributed by atoms with Gasteiger partial charge in [-0.15, -0.1) is 0 Å². The molecule has 18 heavy (non-hydrogen) atoms. The van der Waals surface area contributed by atoms with E-state index < -0.39 is 4.92 Å². The maximum Gasteiger partial charge on any atom is 0.333 e. The molecule has 0 fully saturated rings. The second-order valence-electron chi connectivity index (χ2n) is 3.86. The largest absolute Gasteiger partial charge is 0.378 e. The first-order valence-electron chi connectivity index (χ1n) is 5.20. The predicted octanol–water partition coefficient (Wildman–Crippen LogP) is 2.33. The SMILES string of the molecule is Cc1nn(Cc2cccc(I)c2)c(N)c1[N+](=O)[O-]. The van der Waals surface area contributed by atoms with Crippen molar-refractivity contribution in [1.29, 1.82) is 0 Å². The molecule has 0 saturated heterocycles. The summed E-state index contributed by atoms with van der Waals surface area (Å²) in [6.07, 6.45) is 0. The summed E-state index contributed by atoms with van der Waals surface area (Å²) in [7, 11) is 0. The Balaban J connectivity index is 2.36. The Morgan fingerprint density at radius 3 is 2.83 bits per heavy atom. The molecule has 6 nitrogen and oxygen atoms in total. The fourth-order valence-electron chi connectivity index (χ4n) is 1.74. The van der Waals surface area contributed by atoms with Gasteiger partial charge < -0.3 is 5.73 Å². The van der Waals surface area contributed by atoms with Crippen molar-refractivity contribution in [3.63, 3.8) is 0 Å². The number of nitro groups is 1. The highest BCUT2D eigenvalue weighted by Crippen LogP contribution is 2.25. The highest BCUT2D eigenvalue weighted by atomic mass is 127. The minimum atomic E-state index is -0.497. The van der Waals surface area contributed by atoms with Gasteiger partial charge in [0, 0.05) is 3.57 Å². The van der Waals surface area contributed by atoms with Gasteiger partial charge in [0.1, 0.15) is 5.69 Å². The molecule has 0 aliphatic heterocycles. The van der Waals surface area contributed by atoms with E-state index in [4.69, 9.17) is 5.73 Å². The third-order valence-electron chi connectivity index (χ3n) is 2.54. The van der Waals surface area contributed by atoms with Crippen molar-refractivity contribution in [3.8, 4) is 0 Å². The molecule has 7 heteroatoms. The van der Waals surface area contributed by atoms with Crippen LogP contribution in [0.3, 0.4) is 0 Å². The topological polar surface area (TPSA) is 87.0 Å². The molecule has 0 bridgehead atoms. The summed E-state index contributed by atoms with van der Waals surface area (Å²) in [6, 6.07) is 7.83. The van der Waals surface area contributed by atoms with Crippen LogP contribution in [0, 0.1) is 20.6 Å². The van der Waals surface area contributed by atoms with E-state index in [1.165, 1.54) is 4.68 Å². The van der Waals surface area contributed by atoms with E-state index in [-0.39, 0.29) is 11.5 Å². The summed E-state index contributed by atoms with van der Waals surface area (Å²) in [5, 5.41) is 14.9. The zero-order valence-corrected chi connectivity index (χ0v) is 11.8. The Kier molecular flexibility index (Phi) is 3.50. The normalized spacial score (nSPS) is 10.6. The number of aryl methyl sites for hydroxylation is 1. The van der Waals surface area contributed by atoms with Gasteiger partial charge in [0.2, 0.25) is 5.82 Å². The molecule has 0 aliphatic rings. The molecule has 1 aromatic carbocycles. The first-order valence-corrected chi connectivity index (χ1v) is 6.28. The molecule has 0 aliphatic carbocycles. The van der Waals surface area contributed by atoms with E-state index in [1.807, 2.05) is 24.3 Å². The maximum atomic E-state index is 10.8. The third-order valence-corrected chi connectivity index (χ3v) is 3.21. The standard InChI is InChI=1S/C11H11IN4O2/c1-7-10(16(17)18)11(13)15(14-7)6-8-3-2-4-9(12)5-8/h2-5H,6,13H2,1H3. The van der Waals surface area contributed by atoms with Crippen molar-refractivity contribution >= 4 is 34.1 Å². The number of halogens is 1. The lowest BCUT2D eigenvalue weighted by molar-refractivity contribution is -0.384. The second-order valence-corrected chi connectivity index (χ2v) is 5.11. The van der Waals surface area contributed by atoms with Crippen molar-refractivity contribution in [3.05, 3.63) is 49.2 Å². The quantitative estimate of drug-likeness (QED) is 0.518. The average Bonchev–Trinajstić information content (AvgIpc) is 2.54. The number of nitrogens with two attached hydrogens (primary N) is 1. The summed E-state index contributed by atoms with van der Waals surface area (Å²) >= 11 is 2.21. The molecule has 0 radical (unpaired) electrons. The molecular formula is C11H11IN4O2. The number of nitrogen functional groups attached to an aromatic ring is 1. The van der Waals surface area contributed by atoms with Gasteiger partial charge in [-0.2, -0.15) is 5.10 Å². The van der Waals surface area contributed by atoms with Crippen molar-refractivity contribution in [1.82, 2.24) is 9.78 Å². The summed E-state index contributed by atoms with van der Waals surface area (Å²) < 4.78 is 2.56. The van der Waals surface area contributed by atoms with Crippen LogP contribution < -0.4 is 5.73 Å².